The van der Waals surface area contributed by atoms with E-state index >= 15 is 0 Å². The molecule has 528 valence electrons. The lowest BCUT2D eigenvalue weighted by molar-refractivity contribution is -0.161. The zero-order valence-corrected chi connectivity index (χ0v) is 59.4. The fourth-order valence-corrected chi connectivity index (χ4v) is 12.2. The molecule has 0 bridgehead atoms. The standard InChI is InChI=1S/C70H136O17P2/c1-6-9-12-15-17-19-21-22-23-24-25-26-27-33-37-41-46-51-56-70(75)87-66(60-81-68(73)54-49-44-39-35-32-29-28-31-34-38-43-47-52-63(4)5)62-85-89(78,79)83-58-64(71)57-82-88(76,77)84-61-65(59-80-67(72)53-48-42-14-11-8-3)86-69(74)55-50-45-40-36-30-20-18-16-13-10-7-2/h63-66,71H,6-62H2,1-5H3,(H,76,77)(H,78,79)/t64-,65+,66+/m0/s1. The van der Waals surface area contributed by atoms with E-state index < -0.39 is 97.5 Å². The first kappa shape index (κ1) is 87.1. The Morgan fingerprint density at radius 1 is 0.303 bits per heavy atom. The summed E-state index contributed by atoms with van der Waals surface area (Å²) < 4.78 is 68.1. The highest BCUT2D eigenvalue weighted by molar-refractivity contribution is 7.47. The van der Waals surface area contributed by atoms with Gasteiger partial charge >= 0.3 is 39.5 Å². The van der Waals surface area contributed by atoms with Gasteiger partial charge in [0, 0.05) is 25.7 Å². The van der Waals surface area contributed by atoms with E-state index in [1.165, 1.54) is 180 Å². The molecule has 0 aromatic carbocycles. The summed E-state index contributed by atoms with van der Waals surface area (Å²) >= 11 is 0. The molecule has 0 aromatic rings. The second-order valence-corrected chi connectivity index (χ2v) is 28.7. The molecular weight excluding hydrogens is 1170 g/mol. The van der Waals surface area contributed by atoms with Gasteiger partial charge < -0.3 is 33.8 Å². The van der Waals surface area contributed by atoms with Crippen molar-refractivity contribution in [3.63, 3.8) is 0 Å². The summed E-state index contributed by atoms with van der Waals surface area (Å²) in [7, 11) is -9.89. The predicted molar refractivity (Wildman–Crippen MR) is 358 cm³/mol. The lowest BCUT2D eigenvalue weighted by Crippen LogP contribution is -2.30. The van der Waals surface area contributed by atoms with Gasteiger partial charge in [-0.1, -0.05) is 311 Å². The summed E-state index contributed by atoms with van der Waals surface area (Å²) in [6, 6.07) is 0. The average Bonchev–Trinajstić information content (AvgIpc) is 3.54. The number of carbonyl (C=O) groups is 4. The van der Waals surface area contributed by atoms with Crippen molar-refractivity contribution >= 4 is 39.5 Å². The number of hydrogen-bond acceptors (Lipinski definition) is 15. The van der Waals surface area contributed by atoms with Gasteiger partial charge in [0.25, 0.3) is 0 Å². The van der Waals surface area contributed by atoms with Gasteiger partial charge in [-0.2, -0.15) is 0 Å². The van der Waals surface area contributed by atoms with Gasteiger partial charge in [0.1, 0.15) is 19.3 Å². The van der Waals surface area contributed by atoms with Gasteiger partial charge in [0.15, 0.2) is 12.2 Å². The van der Waals surface area contributed by atoms with Gasteiger partial charge in [-0.3, -0.25) is 37.3 Å². The van der Waals surface area contributed by atoms with Crippen molar-refractivity contribution in [1.29, 1.82) is 0 Å². The third-order valence-electron chi connectivity index (χ3n) is 16.3. The first-order valence-electron chi connectivity index (χ1n) is 36.6. The number of unbranched alkanes of at least 4 members (excludes halogenated alkanes) is 42. The first-order valence-corrected chi connectivity index (χ1v) is 39.6. The molecule has 0 aromatic heterocycles. The zero-order valence-electron chi connectivity index (χ0n) is 57.6. The minimum atomic E-state index is -4.95. The largest absolute Gasteiger partial charge is 0.472 e. The van der Waals surface area contributed by atoms with Crippen LogP contribution in [0.3, 0.4) is 0 Å². The summed E-state index contributed by atoms with van der Waals surface area (Å²) in [5.41, 5.74) is 0. The Balaban J connectivity index is 5.15. The maximum Gasteiger partial charge on any atom is 0.472 e. The van der Waals surface area contributed by atoms with E-state index in [1.807, 2.05) is 0 Å². The number of rotatable bonds is 70. The minimum Gasteiger partial charge on any atom is -0.462 e. The second kappa shape index (κ2) is 63.5. The van der Waals surface area contributed by atoms with Crippen molar-refractivity contribution < 1.29 is 80.2 Å². The Hall–Kier alpha value is -1.94. The van der Waals surface area contributed by atoms with Gasteiger partial charge in [0.2, 0.25) is 0 Å². The number of phosphoric acid groups is 2. The molecule has 0 saturated carbocycles. The van der Waals surface area contributed by atoms with Crippen LogP contribution < -0.4 is 0 Å². The van der Waals surface area contributed by atoms with Crippen LogP contribution in [0.1, 0.15) is 362 Å². The van der Waals surface area contributed by atoms with Gasteiger partial charge in [0.05, 0.1) is 26.4 Å². The monoisotopic (exact) mass is 1310 g/mol. The molecule has 0 aliphatic carbocycles. The zero-order chi connectivity index (χ0) is 65.6. The van der Waals surface area contributed by atoms with Crippen LogP contribution in [0.15, 0.2) is 0 Å². The van der Waals surface area contributed by atoms with Crippen molar-refractivity contribution in [3.8, 4) is 0 Å². The number of hydrogen-bond donors (Lipinski definition) is 3. The summed E-state index contributed by atoms with van der Waals surface area (Å²) in [6.07, 6.45) is 50.3. The molecule has 0 rings (SSSR count). The second-order valence-electron chi connectivity index (χ2n) is 25.7. The van der Waals surface area contributed by atoms with E-state index in [4.69, 9.17) is 37.0 Å². The number of aliphatic hydroxyl groups excluding tert-OH is 1. The van der Waals surface area contributed by atoms with Crippen molar-refractivity contribution in [3.05, 3.63) is 0 Å². The Bertz CT molecular complexity index is 1720. The lowest BCUT2D eigenvalue weighted by atomic mass is 10.0. The molecule has 19 heteroatoms. The van der Waals surface area contributed by atoms with Crippen molar-refractivity contribution in [2.75, 3.05) is 39.6 Å². The lowest BCUT2D eigenvalue weighted by Gasteiger charge is -2.21. The Labute approximate surface area is 543 Å². The van der Waals surface area contributed by atoms with Crippen LogP contribution in [0.4, 0.5) is 0 Å². The van der Waals surface area contributed by atoms with E-state index in [0.717, 1.165) is 102 Å². The number of phosphoric ester groups is 2. The minimum absolute atomic E-state index is 0.106. The van der Waals surface area contributed by atoms with E-state index in [0.29, 0.717) is 25.7 Å². The molecule has 5 atom stereocenters. The van der Waals surface area contributed by atoms with Crippen molar-refractivity contribution in [2.24, 2.45) is 5.92 Å². The Morgan fingerprint density at radius 3 is 0.764 bits per heavy atom. The molecule has 0 aliphatic rings. The maximum absolute atomic E-state index is 13.0. The third-order valence-corrected chi connectivity index (χ3v) is 18.2. The summed E-state index contributed by atoms with van der Waals surface area (Å²) in [5, 5.41) is 10.6. The quantitative estimate of drug-likeness (QED) is 0.0222. The highest BCUT2D eigenvalue weighted by Crippen LogP contribution is 2.45. The van der Waals surface area contributed by atoms with Crippen LogP contribution in [0.25, 0.3) is 0 Å². The molecule has 0 heterocycles. The number of aliphatic hydroxyl groups is 1. The van der Waals surface area contributed by atoms with Crippen LogP contribution >= 0.6 is 15.6 Å². The van der Waals surface area contributed by atoms with Gasteiger partial charge in [-0.05, 0) is 31.6 Å². The molecule has 0 radical (unpaired) electrons. The smallest absolute Gasteiger partial charge is 0.462 e. The van der Waals surface area contributed by atoms with E-state index in [1.54, 1.807) is 0 Å². The Morgan fingerprint density at radius 2 is 0.517 bits per heavy atom. The van der Waals surface area contributed by atoms with Crippen molar-refractivity contribution in [2.45, 2.75) is 380 Å². The highest BCUT2D eigenvalue weighted by Gasteiger charge is 2.30. The molecule has 0 spiro atoms. The molecule has 89 heavy (non-hydrogen) atoms. The van der Waals surface area contributed by atoms with Crippen molar-refractivity contribution in [1.82, 2.24) is 0 Å². The molecular formula is C70H136O17P2. The normalized spacial score (nSPS) is 14.1. The van der Waals surface area contributed by atoms with Crippen LogP contribution in [0.5, 0.6) is 0 Å². The van der Waals surface area contributed by atoms with Gasteiger partial charge in [-0.25, -0.2) is 9.13 Å². The SMILES string of the molecule is CCCCCCCCCCCCCCCCCCCCC(=O)O[C@H](COC(=O)CCCCCCCCCCCCCCC(C)C)COP(=O)(O)OC[C@@H](O)COP(=O)(O)OC[C@@H](COC(=O)CCCCCCC)OC(=O)CCCCCCCCCCCCC. The van der Waals surface area contributed by atoms with Crippen LogP contribution in [-0.2, 0) is 65.4 Å². The first-order chi connectivity index (χ1) is 43.0. The number of carbonyl (C=O) groups excluding carboxylic acids is 4. The molecule has 0 amide bonds. The molecule has 3 N–H and O–H groups in total. The number of ether oxygens (including phenoxy) is 4. The van der Waals surface area contributed by atoms with E-state index in [2.05, 4.69) is 34.6 Å². The van der Waals surface area contributed by atoms with Gasteiger partial charge in [-0.15, -0.1) is 0 Å². The summed E-state index contributed by atoms with van der Waals surface area (Å²) in [4.78, 5) is 72.2. The van der Waals surface area contributed by atoms with Crippen LogP contribution in [-0.4, -0.2) is 96.7 Å². The molecule has 0 saturated heterocycles. The summed E-state index contributed by atoms with van der Waals surface area (Å²) in [6.45, 7) is 7.17. The molecule has 0 aliphatic heterocycles. The fourth-order valence-electron chi connectivity index (χ4n) is 10.6. The predicted octanol–water partition coefficient (Wildman–Crippen LogP) is 20.1. The van der Waals surface area contributed by atoms with E-state index in [9.17, 15) is 43.2 Å². The highest BCUT2D eigenvalue weighted by atomic mass is 31.2. The maximum atomic E-state index is 13.0. The topological polar surface area (TPSA) is 237 Å². The fraction of sp³-hybridized carbons (Fsp3) is 0.943. The Kier molecular flexibility index (Phi) is 62.1. The van der Waals surface area contributed by atoms with Crippen LogP contribution in [0.2, 0.25) is 0 Å². The summed E-state index contributed by atoms with van der Waals surface area (Å²) in [5.74, 6) is -1.35. The third kappa shape index (κ3) is 64.6. The average molecular weight is 1310 g/mol. The molecule has 2 unspecified atom stereocenters. The number of esters is 4. The van der Waals surface area contributed by atoms with E-state index in [-0.39, 0.29) is 25.7 Å². The van der Waals surface area contributed by atoms with Crippen LogP contribution in [0, 0.1) is 5.92 Å². The molecule has 17 nitrogen and oxygen atoms in total. The molecule has 0 fully saturated rings.